The summed E-state index contributed by atoms with van der Waals surface area (Å²) >= 11 is 0. The topological polar surface area (TPSA) is 50.7 Å². The predicted molar refractivity (Wildman–Crippen MR) is 94.9 cm³/mol. The summed E-state index contributed by atoms with van der Waals surface area (Å²) in [5.41, 5.74) is 1.75. The summed E-state index contributed by atoms with van der Waals surface area (Å²) in [7, 11) is 0. The Kier molecular flexibility index (Phi) is 4.83. The number of amides is 1. The Morgan fingerprint density at radius 2 is 1.88 bits per heavy atom. The van der Waals surface area contributed by atoms with Gasteiger partial charge in [-0.3, -0.25) is 4.79 Å². The van der Waals surface area contributed by atoms with E-state index in [1.165, 1.54) is 6.07 Å². The molecule has 5 heteroatoms. The monoisotopic (exact) mass is 340 g/mol. The van der Waals surface area contributed by atoms with Gasteiger partial charge in [-0.15, -0.1) is 0 Å². The molecule has 1 aliphatic rings. The van der Waals surface area contributed by atoms with Crippen molar-refractivity contribution in [3.8, 4) is 0 Å². The number of carbonyl (C=O) groups excluding carboxylic acids is 1. The molecule has 1 aliphatic heterocycles. The molecule has 1 atom stereocenters. The smallest absolute Gasteiger partial charge is 0.264 e. The van der Waals surface area contributed by atoms with Gasteiger partial charge in [-0.2, -0.15) is 0 Å². The van der Waals surface area contributed by atoms with Crippen LogP contribution in [0.15, 0.2) is 59.8 Å². The van der Waals surface area contributed by atoms with E-state index in [9.17, 15) is 9.18 Å². The fourth-order valence-corrected chi connectivity index (χ4v) is 2.85. The van der Waals surface area contributed by atoms with Crippen molar-refractivity contribution < 1.29 is 14.0 Å². The minimum atomic E-state index is -0.647. The van der Waals surface area contributed by atoms with E-state index < -0.39 is 11.5 Å². The molecule has 25 heavy (non-hydrogen) atoms. The molecule has 0 spiro atoms. The van der Waals surface area contributed by atoms with Crippen LogP contribution < -0.4 is 5.32 Å². The molecule has 4 nitrogen and oxygen atoms in total. The fraction of sp³-hybridized carbons (Fsp3) is 0.300. The van der Waals surface area contributed by atoms with Crippen LogP contribution in [0.1, 0.15) is 31.4 Å². The van der Waals surface area contributed by atoms with Gasteiger partial charge in [0, 0.05) is 18.4 Å². The lowest BCUT2D eigenvalue weighted by molar-refractivity contribution is -0.131. The van der Waals surface area contributed by atoms with Crippen LogP contribution >= 0.6 is 0 Å². The Labute approximate surface area is 146 Å². The zero-order valence-electron chi connectivity index (χ0n) is 14.3. The van der Waals surface area contributed by atoms with Crippen LogP contribution in [-0.2, 0) is 15.0 Å². The number of rotatable bonds is 5. The zero-order valence-corrected chi connectivity index (χ0v) is 14.3. The molecule has 1 N–H and O–H groups in total. The minimum absolute atomic E-state index is 0.237. The second kappa shape index (κ2) is 7.05. The van der Waals surface area contributed by atoms with Gasteiger partial charge in [-0.05, 0) is 17.2 Å². The fourth-order valence-electron chi connectivity index (χ4n) is 2.85. The molecule has 3 rings (SSSR count). The van der Waals surface area contributed by atoms with Crippen molar-refractivity contribution in [2.45, 2.75) is 31.8 Å². The minimum Gasteiger partial charge on any atom is -0.382 e. The normalized spacial score (nSPS) is 16.9. The molecule has 0 aromatic heterocycles. The van der Waals surface area contributed by atoms with Gasteiger partial charge in [0.2, 0.25) is 6.10 Å². The van der Waals surface area contributed by atoms with E-state index in [0.29, 0.717) is 18.5 Å². The van der Waals surface area contributed by atoms with Gasteiger partial charge in [0.05, 0.1) is 5.71 Å². The highest BCUT2D eigenvalue weighted by Gasteiger charge is 2.31. The largest absolute Gasteiger partial charge is 0.382 e. The number of benzene rings is 2. The van der Waals surface area contributed by atoms with Gasteiger partial charge in [-0.1, -0.05) is 67.5 Å². The average Bonchev–Trinajstić information content (AvgIpc) is 3.11. The lowest BCUT2D eigenvalue weighted by atomic mass is 9.84. The number of halogens is 1. The summed E-state index contributed by atoms with van der Waals surface area (Å²) in [6.07, 6.45) is -0.220. The van der Waals surface area contributed by atoms with Crippen molar-refractivity contribution in [2.24, 2.45) is 5.16 Å². The van der Waals surface area contributed by atoms with E-state index in [0.717, 1.165) is 11.3 Å². The van der Waals surface area contributed by atoms with E-state index in [1.54, 1.807) is 18.2 Å². The van der Waals surface area contributed by atoms with E-state index in [4.69, 9.17) is 4.84 Å². The third kappa shape index (κ3) is 3.87. The molecule has 130 valence electrons. The van der Waals surface area contributed by atoms with Crippen molar-refractivity contribution in [3.63, 3.8) is 0 Å². The Morgan fingerprint density at radius 3 is 2.60 bits per heavy atom. The first-order valence-corrected chi connectivity index (χ1v) is 8.28. The molecule has 1 heterocycles. The van der Waals surface area contributed by atoms with Crippen LogP contribution in [0.25, 0.3) is 0 Å². The Balaban J connectivity index is 1.58. The van der Waals surface area contributed by atoms with Crippen LogP contribution in [0.5, 0.6) is 0 Å². The summed E-state index contributed by atoms with van der Waals surface area (Å²) in [5, 5.41) is 6.88. The quantitative estimate of drug-likeness (QED) is 0.907. The number of hydrogen-bond acceptors (Lipinski definition) is 3. The first-order chi connectivity index (χ1) is 12.0. The van der Waals surface area contributed by atoms with Gasteiger partial charge in [0.15, 0.2) is 0 Å². The lowest BCUT2D eigenvalue weighted by Gasteiger charge is -2.26. The summed E-state index contributed by atoms with van der Waals surface area (Å²) in [4.78, 5) is 17.7. The number of oxime groups is 1. The van der Waals surface area contributed by atoms with Crippen molar-refractivity contribution in [1.29, 1.82) is 0 Å². The summed E-state index contributed by atoms with van der Waals surface area (Å²) in [6, 6.07) is 16.3. The molecule has 0 radical (unpaired) electrons. The molecule has 0 fully saturated rings. The van der Waals surface area contributed by atoms with Gasteiger partial charge < -0.3 is 10.2 Å². The number of nitrogens with one attached hydrogen (secondary N) is 1. The van der Waals surface area contributed by atoms with Crippen molar-refractivity contribution in [2.75, 3.05) is 6.54 Å². The number of nitrogens with zero attached hydrogens (tertiary/aromatic N) is 1. The average molecular weight is 340 g/mol. The number of carbonyl (C=O) groups is 1. The molecule has 1 unspecified atom stereocenters. The first-order valence-electron chi connectivity index (χ1n) is 8.28. The molecule has 0 saturated carbocycles. The summed E-state index contributed by atoms with van der Waals surface area (Å²) in [5.74, 6) is -0.507. The Hall–Kier alpha value is -2.69. The standard InChI is InChI=1S/C20H21FN2O2/c1-20(2,15-10-6-7-11-16(15)21)13-22-19(24)18-12-17(23-25-18)14-8-4-3-5-9-14/h3-11,18H,12-13H2,1-2H3,(H,22,24). The molecular formula is C20H21FN2O2. The van der Waals surface area contributed by atoms with Crippen molar-refractivity contribution in [1.82, 2.24) is 5.32 Å². The Morgan fingerprint density at radius 1 is 1.20 bits per heavy atom. The van der Waals surface area contributed by atoms with E-state index in [2.05, 4.69) is 10.5 Å². The van der Waals surface area contributed by atoms with Gasteiger partial charge in [-0.25, -0.2) is 4.39 Å². The van der Waals surface area contributed by atoms with Crippen molar-refractivity contribution >= 4 is 11.6 Å². The highest BCUT2D eigenvalue weighted by Crippen LogP contribution is 2.25. The molecule has 1 amide bonds. The lowest BCUT2D eigenvalue weighted by Crippen LogP contribution is -2.42. The van der Waals surface area contributed by atoms with Crippen LogP contribution in [0, 0.1) is 5.82 Å². The number of hydrogen-bond donors (Lipinski definition) is 1. The van der Waals surface area contributed by atoms with Crippen LogP contribution in [0.4, 0.5) is 4.39 Å². The van der Waals surface area contributed by atoms with Crippen molar-refractivity contribution in [3.05, 3.63) is 71.5 Å². The second-order valence-electron chi connectivity index (χ2n) is 6.78. The molecule has 0 bridgehead atoms. The van der Waals surface area contributed by atoms with Crippen LogP contribution in [-0.4, -0.2) is 24.3 Å². The first kappa shape index (κ1) is 17.1. The Bertz CT molecular complexity index is 787. The maximum atomic E-state index is 14.0. The van der Waals surface area contributed by atoms with Crippen LogP contribution in [0.2, 0.25) is 0 Å². The third-order valence-electron chi connectivity index (χ3n) is 4.38. The summed E-state index contributed by atoms with van der Waals surface area (Å²) in [6.45, 7) is 4.10. The van der Waals surface area contributed by atoms with Crippen LogP contribution in [0.3, 0.4) is 0 Å². The molecule has 2 aromatic carbocycles. The van der Waals surface area contributed by atoms with Gasteiger partial charge in [0.1, 0.15) is 5.82 Å². The maximum absolute atomic E-state index is 14.0. The molecule has 2 aromatic rings. The highest BCUT2D eigenvalue weighted by atomic mass is 19.1. The summed E-state index contributed by atoms with van der Waals surface area (Å²) < 4.78 is 14.0. The zero-order chi connectivity index (χ0) is 17.9. The predicted octanol–water partition coefficient (Wildman–Crippen LogP) is 3.41. The van der Waals surface area contributed by atoms with E-state index in [1.807, 2.05) is 44.2 Å². The van der Waals surface area contributed by atoms with Gasteiger partial charge >= 0.3 is 0 Å². The highest BCUT2D eigenvalue weighted by molar-refractivity contribution is 6.04. The molecule has 0 aliphatic carbocycles. The SMILES string of the molecule is CC(C)(CNC(=O)C1CC(c2ccccc2)=NO1)c1ccccc1F. The van der Waals surface area contributed by atoms with Gasteiger partial charge in [0.25, 0.3) is 5.91 Å². The third-order valence-corrected chi connectivity index (χ3v) is 4.38. The second-order valence-corrected chi connectivity index (χ2v) is 6.78. The molecular weight excluding hydrogens is 319 g/mol. The van der Waals surface area contributed by atoms with E-state index in [-0.39, 0.29) is 11.7 Å². The molecule has 0 saturated heterocycles. The maximum Gasteiger partial charge on any atom is 0.264 e. The van der Waals surface area contributed by atoms with E-state index >= 15 is 0 Å².